The number of nitrogens with one attached hydrogen (secondary N) is 1. The number of carbonyl (C=O) groups is 3. The van der Waals surface area contributed by atoms with Crippen molar-refractivity contribution < 1.29 is 23.9 Å². The van der Waals surface area contributed by atoms with Gasteiger partial charge in [0.2, 0.25) is 5.91 Å². The molecular weight excluding hydrogens is 228 g/mol. The van der Waals surface area contributed by atoms with Crippen LogP contribution in [-0.2, 0) is 19.1 Å². The highest BCUT2D eigenvalue weighted by molar-refractivity contribution is 5.83. The average molecular weight is 244 g/mol. The van der Waals surface area contributed by atoms with Gasteiger partial charge in [0, 0.05) is 0 Å². The zero-order chi connectivity index (χ0) is 13.1. The van der Waals surface area contributed by atoms with Gasteiger partial charge in [-0.1, -0.05) is 0 Å². The first kappa shape index (κ1) is 13.3. The molecule has 0 aromatic heterocycles. The van der Waals surface area contributed by atoms with Crippen LogP contribution in [0.2, 0.25) is 0 Å². The van der Waals surface area contributed by atoms with Gasteiger partial charge >= 0.3 is 6.09 Å². The van der Waals surface area contributed by atoms with Crippen LogP contribution < -0.4 is 5.32 Å². The first-order chi connectivity index (χ1) is 7.81. The van der Waals surface area contributed by atoms with E-state index in [2.05, 4.69) is 10.1 Å². The van der Waals surface area contributed by atoms with Crippen LogP contribution in [0.1, 0.15) is 20.8 Å². The fourth-order valence-electron chi connectivity index (χ4n) is 1.32. The Bertz CT molecular complexity index is 323. The number of hydrogen-bond donors (Lipinski definition) is 1. The number of ether oxygens (including phenoxy) is 2. The molecule has 0 aromatic rings. The lowest BCUT2D eigenvalue weighted by Gasteiger charge is -2.33. The molecule has 7 nitrogen and oxygen atoms in total. The van der Waals surface area contributed by atoms with Crippen molar-refractivity contribution in [1.82, 2.24) is 10.2 Å². The molecule has 1 heterocycles. The fourth-order valence-corrected chi connectivity index (χ4v) is 1.32. The molecule has 0 aliphatic carbocycles. The third-order valence-corrected chi connectivity index (χ3v) is 1.91. The SMILES string of the molecule is CC(C)(C)OC(=O)N1CC(=O)N[C@H](OC=O)C1. The van der Waals surface area contributed by atoms with E-state index in [0.717, 1.165) is 0 Å². The maximum atomic E-state index is 11.7. The molecule has 0 spiro atoms. The highest BCUT2D eigenvalue weighted by Crippen LogP contribution is 2.11. The van der Waals surface area contributed by atoms with Gasteiger partial charge in [0.05, 0.1) is 6.54 Å². The van der Waals surface area contributed by atoms with Crippen LogP contribution in [0, 0.1) is 0 Å². The molecule has 1 saturated heterocycles. The van der Waals surface area contributed by atoms with Crippen molar-refractivity contribution in [2.24, 2.45) is 0 Å². The predicted octanol–water partition coefficient (Wildman–Crippen LogP) is -0.148. The Hall–Kier alpha value is -1.79. The van der Waals surface area contributed by atoms with Crippen molar-refractivity contribution in [3.05, 3.63) is 0 Å². The van der Waals surface area contributed by atoms with E-state index in [9.17, 15) is 14.4 Å². The summed E-state index contributed by atoms with van der Waals surface area (Å²) >= 11 is 0. The maximum absolute atomic E-state index is 11.7. The summed E-state index contributed by atoms with van der Waals surface area (Å²) in [6.45, 7) is 5.40. The lowest BCUT2D eigenvalue weighted by molar-refractivity contribution is -0.143. The minimum absolute atomic E-state index is 0.0827. The second-order valence-electron chi connectivity index (χ2n) is 4.65. The van der Waals surface area contributed by atoms with Gasteiger partial charge < -0.3 is 14.8 Å². The number of nitrogens with zero attached hydrogens (tertiary/aromatic N) is 1. The summed E-state index contributed by atoms with van der Waals surface area (Å²) in [5.41, 5.74) is -0.633. The molecule has 0 radical (unpaired) electrons. The van der Waals surface area contributed by atoms with Gasteiger partial charge in [-0.05, 0) is 20.8 Å². The Kier molecular flexibility index (Phi) is 3.93. The normalized spacial score (nSPS) is 20.5. The van der Waals surface area contributed by atoms with E-state index in [-0.39, 0.29) is 19.6 Å². The van der Waals surface area contributed by atoms with E-state index in [1.54, 1.807) is 20.8 Å². The van der Waals surface area contributed by atoms with Crippen molar-refractivity contribution >= 4 is 18.5 Å². The van der Waals surface area contributed by atoms with Crippen molar-refractivity contribution in [3.8, 4) is 0 Å². The van der Waals surface area contributed by atoms with E-state index in [1.165, 1.54) is 4.90 Å². The lowest BCUT2D eigenvalue weighted by Crippen LogP contribution is -2.57. The van der Waals surface area contributed by atoms with Crippen molar-refractivity contribution in [3.63, 3.8) is 0 Å². The summed E-state index contributed by atoms with van der Waals surface area (Å²) in [5, 5.41) is 2.42. The molecule has 0 bridgehead atoms. The largest absolute Gasteiger partial charge is 0.444 e. The molecule has 1 N–H and O–H groups in total. The Morgan fingerprint density at radius 2 is 2.18 bits per heavy atom. The number of carbonyl (C=O) groups excluding carboxylic acids is 3. The van der Waals surface area contributed by atoms with E-state index in [0.29, 0.717) is 0 Å². The molecule has 1 atom stereocenters. The van der Waals surface area contributed by atoms with Gasteiger partial charge in [-0.3, -0.25) is 14.5 Å². The number of hydrogen-bond acceptors (Lipinski definition) is 5. The third kappa shape index (κ3) is 4.29. The van der Waals surface area contributed by atoms with Crippen LogP contribution >= 0.6 is 0 Å². The van der Waals surface area contributed by atoms with Crippen LogP contribution in [0.3, 0.4) is 0 Å². The summed E-state index contributed by atoms with van der Waals surface area (Å²) in [6.07, 6.45) is -1.42. The molecule has 0 saturated carbocycles. The van der Waals surface area contributed by atoms with Crippen molar-refractivity contribution in [2.75, 3.05) is 13.1 Å². The highest BCUT2D eigenvalue weighted by atomic mass is 16.6. The van der Waals surface area contributed by atoms with Crippen LogP contribution in [0.4, 0.5) is 4.79 Å². The van der Waals surface area contributed by atoms with Crippen LogP contribution in [0.5, 0.6) is 0 Å². The molecule has 17 heavy (non-hydrogen) atoms. The van der Waals surface area contributed by atoms with Crippen LogP contribution in [-0.4, -0.2) is 48.3 Å². The second kappa shape index (κ2) is 5.03. The minimum Gasteiger partial charge on any atom is -0.444 e. The quantitative estimate of drug-likeness (QED) is 0.683. The molecule has 1 fully saturated rings. The molecule has 1 rings (SSSR count). The van der Waals surface area contributed by atoms with Gasteiger partial charge in [0.25, 0.3) is 6.47 Å². The van der Waals surface area contributed by atoms with Crippen LogP contribution in [0.25, 0.3) is 0 Å². The van der Waals surface area contributed by atoms with Crippen molar-refractivity contribution in [2.45, 2.75) is 32.6 Å². The second-order valence-corrected chi connectivity index (χ2v) is 4.65. The van der Waals surface area contributed by atoms with Gasteiger partial charge in [-0.2, -0.15) is 0 Å². The minimum atomic E-state index is -0.818. The first-order valence-electron chi connectivity index (χ1n) is 5.18. The lowest BCUT2D eigenvalue weighted by atomic mass is 10.2. The van der Waals surface area contributed by atoms with Gasteiger partial charge in [-0.25, -0.2) is 4.79 Å². The number of amides is 2. The van der Waals surface area contributed by atoms with E-state index in [4.69, 9.17) is 4.74 Å². The summed E-state index contributed by atoms with van der Waals surface area (Å²) in [5.74, 6) is -0.394. The topological polar surface area (TPSA) is 84.9 Å². The summed E-state index contributed by atoms with van der Waals surface area (Å²) in [6, 6.07) is 0. The molecule has 96 valence electrons. The molecule has 0 aromatic carbocycles. The zero-order valence-electron chi connectivity index (χ0n) is 10.1. The van der Waals surface area contributed by atoms with E-state index >= 15 is 0 Å². The van der Waals surface area contributed by atoms with Crippen molar-refractivity contribution in [1.29, 1.82) is 0 Å². The smallest absolute Gasteiger partial charge is 0.410 e. The molecule has 7 heteroatoms. The van der Waals surface area contributed by atoms with Gasteiger partial charge in [-0.15, -0.1) is 0 Å². The summed E-state index contributed by atoms with van der Waals surface area (Å²) < 4.78 is 9.72. The van der Waals surface area contributed by atoms with E-state index < -0.39 is 23.8 Å². The summed E-state index contributed by atoms with van der Waals surface area (Å²) in [4.78, 5) is 34.3. The molecule has 1 aliphatic heterocycles. The maximum Gasteiger partial charge on any atom is 0.410 e. The highest BCUT2D eigenvalue weighted by Gasteiger charge is 2.31. The molecule has 2 amide bonds. The Labute approximate surface area is 99.0 Å². The van der Waals surface area contributed by atoms with Crippen LogP contribution in [0.15, 0.2) is 0 Å². The monoisotopic (exact) mass is 244 g/mol. The molecular formula is C10H16N2O5. The average Bonchev–Trinajstić information content (AvgIpc) is 2.14. The van der Waals surface area contributed by atoms with E-state index in [1.807, 2.05) is 0 Å². The van der Waals surface area contributed by atoms with Gasteiger partial charge in [0.15, 0.2) is 6.23 Å². The number of piperazine rings is 1. The fraction of sp³-hybridized carbons (Fsp3) is 0.700. The summed E-state index contributed by atoms with van der Waals surface area (Å²) in [7, 11) is 0. The molecule has 1 aliphatic rings. The standard InChI is InChI=1S/C10H16N2O5/c1-10(2,3)17-9(15)12-4-7(14)11-8(5-12)16-6-13/h6,8H,4-5H2,1-3H3,(H,11,14)/t8-/m1/s1. The Morgan fingerprint density at radius 3 is 2.71 bits per heavy atom. The first-order valence-corrected chi connectivity index (χ1v) is 5.18. The Morgan fingerprint density at radius 1 is 1.53 bits per heavy atom. The Balaban J connectivity index is 2.60. The number of rotatable bonds is 2. The predicted molar refractivity (Wildman–Crippen MR) is 56.9 cm³/mol. The zero-order valence-corrected chi connectivity index (χ0v) is 10.1. The molecule has 0 unspecified atom stereocenters. The van der Waals surface area contributed by atoms with Gasteiger partial charge in [0.1, 0.15) is 12.1 Å². The third-order valence-electron chi connectivity index (χ3n) is 1.91.